The number of anilines is 1. The van der Waals surface area contributed by atoms with Crippen molar-refractivity contribution in [1.29, 1.82) is 0 Å². The second-order valence-corrected chi connectivity index (χ2v) is 14.8. The number of piperidine rings is 2. The number of aromatic nitrogens is 1. The molecule has 0 bridgehead atoms. The maximum atomic E-state index is 13.9. The van der Waals surface area contributed by atoms with E-state index in [1.807, 2.05) is 33.3 Å². The fraction of sp³-hybridized carbons (Fsp3) is 0.543. The Morgan fingerprint density at radius 1 is 1.07 bits per heavy atom. The van der Waals surface area contributed by atoms with Gasteiger partial charge < -0.3 is 19.4 Å². The molecule has 0 radical (unpaired) electrons. The summed E-state index contributed by atoms with van der Waals surface area (Å²) in [6.45, 7) is 14.8. The predicted molar refractivity (Wildman–Crippen MR) is 182 cm³/mol. The second-order valence-electron chi connectivity index (χ2n) is 13.0. The number of amidine groups is 1. The number of benzene rings is 1. The summed E-state index contributed by atoms with van der Waals surface area (Å²) in [5.41, 5.74) is 4.15. The average molecular weight is 635 g/mol. The number of methoxy groups -OCH3 is 1. The lowest BCUT2D eigenvalue weighted by molar-refractivity contribution is 0.114. The molecule has 0 amide bonds. The van der Waals surface area contributed by atoms with E-state index in [0.29, 0.717) is 29.1 Å². The zero-order chi connectivity index (χ0) is 32.2. The molecule has 45 heavy (non-hydrogen) atoms. The quantitative estimate of drug-likeness (QED) is 0.235. The van der Waals surface area contributed by atoms with Gasteiger partial charge in [0.15, 0.2) is 0 Å². The van der Waals surface area contributed by atoms with Crippen molar-refractivity contribution >= 4 is 21.5 Å². The summed E-state index contributed by atoms with van der Waals surface area (Å²) in [6, 6.07) is 7.88. The van der Waals surface area contributed by atoms with E-state index in [4.69, 9.17) is 4.74 Å². The normalized spacial score (nSPS) is 19.2. The molecule has 0 atom stereocenters. The highest BCUT2D eigenvalue weighted by molar-refractivity contribution is 7.89. The molecule has 10 heteroatoms. The van der Waals surface area contributed by atoms with Crippen LogP contribution in [-0.2, 0) is 10.0 Å². The lowest BCUT2D eigenvalue weighted by Gasteiger charge is -2.47. The van der Waals surface area contributed by atoms with Crippen molar-refractivity contribution in [3.63, 3.8) is 0 Å². The summed E-state index contributed by atoms with van der Waals surface area (Å²) in [5.74, 6) is 1.60. The van der Waals surface area contributed by atoms with Crippen LogP contribution in [0.5, 0.6) is 5.75 Å². The number of allylic oxidation sites excluding steroid dienone is 1. The van der Waals surface area contributed by atoms with Gasteiger partial charge in [-0.1, -0.05) is 6.58 Å². The van der Waals surface area contributed by atoms with Crippen molar-refractivity contribution in [3.8, 4) is 5.75 Å². The number of aryl methyl sites for hydroxylation is 2. The van der Waals surface area contributed by atoms with Crippen molar-refractivity contribution in [3.05, 3.63) is 72.3 Å². The Kier molecular flexibility index (Phi) is 10.2. The number of ether oxygens (including phenoxy) is 1. The number of likely N-dealkylation sites (N-methyl/N-ethyl adjacent to an activating group) is 1. The largest absolute Gasteiger partial charge is 0.497 e. The molecule has 1 aromatic carbocycles. The third kappa shape index (κ3) is 7.55. The molecule has 1 saturated carbocycles. The van der Waals surface area contributed by atoms with Crippen molar-refractivity contribution in [1.82, 2.24) is 19.1 Å². The monoisotopic (exact) mass is 634 g/mol. The van der Waals surface area contributed by atoms with Crippen molar-refractivity contribution < 1.29 is 13.2 Å². The smallest absolute Gasteiger partial charge is 0.243 e. The third-order valence-electron chi connectivity index (χ3n) is 10.0. The molecule has 0 unspecified atom stereocenters. The van der Waals surface area contributed by atoms with Gasteiger partial charge in [0, 0.05) is 82.3 Å². The molecule has 2 aromatic rings. The minimum absolute atomic E-state index is 0.0590. The molecule has 3 heterocycles. The van der Waals surface area contributed by atoms with Gasteiger partial charge in [0.05, 0.1) is 12.0 Å². The van der Waals surface area contributed by atoms with Gasteiger partial charge in [0.2, 0.25) is 10.0 Å². The number of likely N-dealkylation sites (tertiary alicyclic amines) is 1. The van der Waals surface area contributed by atoms with Crippen LogP contribution in [-0.4, -0.2) is 92.8 Å². The van der Waals surface area contributed by atoms with Gasteiger partial charge in [-0.15, -0.1) is 0 Å². The van der Waals surface area contributed by atoms with Crippen molar-refractivity contribution in [2.75, 3.05) is 58.3 Å². The van der Waals surface area contributed by atoms with Crippen LogP contribution in [0.1, 0.15) is 56.6 Å². The molecule has 2 saturated heterocycles. The minimum atomic E-state index is -3.65. The van der Waals surface area contributed by atoms with Crippen molar-refractivity contribution in [2.45, 2.75) is 70.2 Å². The fourth-order valence-corrected chi connectivity index (χ4v) is 9.04. The topological polar surface area (TPSA) is 81.6 Å². The first-order chi connectivity index (χ1) is 21.6. The standard InChI is InChI=1S/C35H50N6O3S/c1-7-37-33(40-20-14-35(15-21-40)12-18-39(19-13-35)30-10-16-36-17-11-30)26-29(4)38(5)22-23-41(31-8-9-31)45(42,43)34-27(2)24-32(44-6)25-28(34)3/h7,10-11,16-17,24-26,31H,1,8-9,12-15,18-23H2,2-6H3/b29-26+,37-33+. The first kappa shape index (κ1) is 33.0. The van der Waals surface area contributed by atoms with Crippen LogP contribution in [0.15, 0.2) is 71.1 Å². The van der Waals surface area contributed by atoms with Gasteiger partial charge in [-0.05, 0) is 106 Å². The lowest BCUT2D eigenvalue weighted by atomic mass is 9.71. The number of pyridine rings is 1. The molecule has 5 rings (SSSR count). The Labute approximate surface area is 270 Å². The van der Waals surface area contributed by atoms with E-state index < -0.39 is 10.0 Å². The Balaban J connectivity index is 1.20. The van der Waals surface area contributed by atoms with E-state index >= 15 is 0 Å². The van der Waals surface area contributed by atoms with E-state index in [9.17, 15) is 8.42 Å². The molecule has 1 aromatic heterocycles. The van der Waals surface area contributed by atoms with Gasteiger partial charge in [-0.25, -0.2) is 13.4 Å². The molecular weight excluding hydrogens is 584 g/mol. The van der Waals surface area contributed by atoms with Gasteiger partial charge in [0.1, 0.15) is 11.6 Å². The second kappa shape index (κ2) is 14.0. The molecule has 3 fully saturated rings. The summed E-state index contributed by atoms with van der Waals surface area (Å²) < 4.78 is 34.9. The number of hydrogen-bond donors (Lipinski definition) is 0. The Bertz CT molecular complexity index is 1480. The summed E-state index contributed by atoms with van der Waals surface area (Å²) in [5, 5.41) is 0. The van der Waals surface area contributed by atoms with E-state index in [0.717, 1.165) is 74.5 Å². The summed E-state index contributed by atoms with van der Waals surface area (Å²) >= 11 is 0. The molecule has 2 aliphatic heterocycles. The SMILES string of the molecule is C=C/N=C(\C=C(/C)N(C)CCN(C1CC1)S(=O)(=O)c1c(C)cc(OC)cc1C)N1CCC2(CC1)CCN(c1ccncc1)CC2. The highest BCUT2D eigenvalue weighted by Crippen LogP contribution is 2.42. The zero-order valence-electron chi connectivity index (χ0n) is 27.7. The van der Waals surface area contributed by atoms with Gasteiger partial charge in [-0.2, -0.15) is 4.31 Å². The van der Waals surface area contributed by atoms with Crippen LogP contribution in [0, 0.1) is 19.3 Å². The summed E-state index contributed by atoms with van der Waals surface area (Å²) in [4.78, 5) is 16.2. The van der Waals surface area contributed by atoms with Crippen LogP contribution in [0.4, 0.5) is 5.69 Å². The van der Waals surface area contributed by atoms with Crippen LogP contribution in [0.2, 0.25) is 0 Å². The molecular formula is C35H50N6O3S. The van der Waals surface area contributed by atoms with Gasteiger partial charge >= 0.3 is 0 Å². The molecule has 244 valence electrons. The van der Waals surface area contributed by atoms with E-state index in [1.165, 1.54) is 18.5 Å². The Hall–Kier alpha value is -3.37. The Morgan fingerprint density at radius 2 is 1.67 bits per heavy atom. The Morgan fingerprint density at radius 3 is 2.22 bits per heavy atom. The number of nitrogens with zero attached hydrogens (tertiary/aromatic N) is 6. The van der Waals surface area contributed by atoms with E-state index in [2.05, 4.69) is 56.4 Å². The van der Waals surface area contributed by atoms with Gasteiger partial charge in [0.25, 0.3) is 0 Å². The molecule has 0 N–H and O–H groups in total. The fourth-order valence-electron chi connectivity index (χ4n) is 6.94. The molecule has 9 nitrogen and oxygen atoms in total. The average Bonchev–Trinajstić information content (AvgIpc) is 3.86. The summed E-state index contributed by atoms with van der Waals surface area (Å²) in [7, 11) is -0.0148. The number of sulfonamides is 1. The number of aliphatic imine (C=N–C) groups is 1. The first-order valence-electron chi connectivity index (χ1n) is 16.2. The van der Waals surface area contributed by atoms with Crippen LogP contribution >= 0.6 is 0 Å². The predicted octanol–water partition coefficient (Wildman–Crippen LogP) is 5.62. The summed E-state index contributed by atoms with van der Waals surface area (Å²) in [6.07, 6.45) is 14.1. The van der Waals surface area contributed by atoms with E-state index in [1.54, 1.807) is 29.7 Å². The number of hydrogen-bond acceptors (Lipinski definition) is 7. The number of rotatable bonds is 11. The first-order valence-corrected chi connectivity index (χ1v) is 17.7. The van der Waals surface area contributed by atoms with Crippen LogP contribution in [0.25, 0.3) is 0 Å². The molecule has 1 aliphatic carbocycles. The molecule has 3 aliphatic rings. The maximum Gasteiger partial charge on any atom is 0.243 e. The minimum Gasteiger partial charge on any atom is -0.497 e. The highest BCUT2D eigenvalue weighted by atomic mass is 32.2. The highest BCUT2D eigenvalue weighted by Gasteiger charge is 2.40. The molecule has 1 spiro atoms. The lowest BCUT2D eigenvalue weighted by Crippen LogP contribution is -2.48. The third-order valence-corrected chi connectivity index (χ3v) is 12.3. The zero-order valence-corrected chi connectivity index (χ0v) is 28.5. The van der Waals surface area contributed by atoms with Gasteiger partial charge in [-0.3, -0.25) is 4.98 Å². The maximum absolute atomic E-state index is 13.9. The van der Waals surface area contributed by atoms with E-state index in [-0.39, 0.29) is 6.04 Å². The van der Waals surface area contributed by atoms with Crippen LogP contribution in [0.3, 0.4) is 0 Å². The van der Waals surface area contributed by atoms with Crippen molar-refractivity contribution in [2.24, 2.45) is 10.4 Å². The van der Waals surface area contributed by atoms with Crippen LogP contribution < -0.4 is 9.64 Å².